The summed E-state index contributed by atoms with van der Waals surface area (Å²) in [5, 5.41) is 18.1. The zero-order valence-electron chi connectivity index (χ0n) is 13.8. The maximum absolute atomic E-state index is 11.8. The van der Waals surface area contributed by atoms with Crippen LogP contribution in [0.1, 0.15) is 32.3 Å². The second-order valence-corrected chi connectivity index (χ2v) is 6.18. The minimum absolute atomic E-state index is 0.105. The fourth-order valence-corrected chi connectivity index (χ4v) is 2.29. The highest BCUT2D eigenvalue weighted by Crippen LogP contribution is 2.24. The first kappa shape index (κ1) is 19.1. The molecule has 0 radical (unpaired) electrons. The summed E-state index contributed by atoms with van der Waals surface area (Å²) < 4.78 is 0. The van der Waals surface area contributed by atoms with Crippen LogP contribution in [0.2, 0.25) is 0 Å². The van der Waals surface area contributed by atoms with Crippen molar-refractivity contribution in [3.05, 3.63) is 29.8 Å². The molecule has 128 valence electrons. The summed E-state index contributed by atoms with van der Waals surface area (Å²) in [6.07, 6.45) is 2.16. The lowest BCUT2D eigenvalue weighted by Gasteiger charge is -2.21. The second-order valence-electron chi connectivity index (χ2n) is 6.18. The molecule has 1 rings (SSSR count). The Bertz CT molecular complexity index is 526. The number of rotatable bonds is 9. The van der Waals surface area contributed by atoms with Gasteiger partial charge in [0.2, 0.25) is 5.91 Å². The van der Waals surface area contributed by atoms with Gasteiger partial charge < -0.3 is 20.8 Å². The average molecular weight is 322 g/mol. The average Bonchev–Trinajstić information content (AvgIpc) is 2.52. The molecule has 4 N–H and O–H groups in total. The fraction of sp³-hybridized carbons (Fsp3) is 0.529. The van der Waals surface area contributed by atoms with Crippen LogP contribution in [0.4, 0.5) is 5.69 Å². The van der Waals surface area contributed by atoms with E-state index in [1.807, 2.05) is 24.3 Å². The van der Waals surface area contributed by atoms with Crippen LogP contribution >= 0.6 is 0 Å². The van der Waals surface area contributed by atoms with Crippen LogP contribution in [0, 0.1) is 5.41 Å². The van der Waals surface area contributed by atoms with Gasteiger partial charge in [-0.3, -0.25) is 9.59 Å². The SMILES string of the molecule is CC(C)(CCCc1ccc(N(CCO)C(=O)CN)cc1)C(=O)O. The highest BCUT2D eigenvalue weighted by molar-refractivity contribution is 5.94. The Labute approximate surface area is 136 Å². The molecule has 0 aliphatic rings. The van der Waals surface area contributed by atoms with Gasteiger partial charge in [-0.2, -0.15) is 0 Å². The summed E-state index contributed by atoms with van der Waals surface area (Å²) in [5.74, 6) is -1.03. The van der Waals surface area contributed by atoms with E-state index in [0.717, 1.165) is 18.4 Å². The van der Waals surface area contributed by atoms with Crippen LogP contribution in [0.3, 0.4) is 0 Å². The van der Waals surface area contributed by atoms with Gasteiger partial charge >= 0.3 is 5.97 Å². The molecule has 0 heterocycles. The van der Waals surface area contributed by atoms with E-state index in [-0.39, 0.29) is 25.6 Å². The van der Waals surface area contributed by atoms with E-state index < -0.39 is 11.4 Å². The topological polar surface area (TPSA) is 104 Å². The summed E-state index contributed by atoms with van der Waals surface area (Å²) in [7, 11) is 0. The van der Waals surface area contributed by atoms with Crippen molar-refractivity contribution in [2.45, 2.75) is 33.1 Å². The lowest BCUT2D eigenvalue weighted by molar-refractivity contribution is -0.147. The van der Waals surface area contributed by atoms with Gasteiger partial charge in [0.05, 0.1) is 18.6 Å². The predicted octanol–water partition coefficient (Wildman–Crippen LogP) is 1.40. The molecular formula is C17H26N2O4. The number of aliphatic hydroxyl groups excluding tert-OH is 1. The zero-order chi connectivity index (χ0) is 17.5. The van der Waals surface area contributed by atoms with Crippen molar-refractivity contribution >= 4 is 17.6 Å². The molecule has 0 saturated carbocycles. The van der Waals surface area contributed by atoms with Crippen molar-refractivity contribution < 1.29 is 19.8 Å². The maximum atomic E-state index is 11.8. The number of aliphatic carboxylic acids is 1. The smallest absolute Gasteiger partial charge is 0.309 e. The lowest BCUT2D eigenvalue weighted by Crippen LogP contribution is -2.38. The molecule has 0 fully saturated rings. The van der Waals surface area contributed by atoms with Gasteiger partial charge in [-0.25, -0.2) is 0 Å². The van der Waals surface area contributed by atoms with Crippen molar-refractivity contribution in [1.29, 1.82) is 0 Å². The van der Waals surface area contributed by atoms with Crippen LogP contribution < -0.4 is 10.6 Å². The number of hydrogen-bond donors (Lipinski definition) is 3. The molecule has 0 atom stereocenters. The normalized spacial score (nSPS) is 11.3. The van der Waals surface area contributed by atoms with E-state index in [1.165, 1.54) is 4.90 Å². The van der Waals surface area contributed by atoms with Crippen LogP contribution in [-0.2, 0) is 16.0 Å². The largest absolute Gasteiger partial charge is 0.481 e. The predicted molar refractivity (Wildman–Crippen MR) is 89.3 cm³/mol. The van der Waals surface area contributed by atoms with E-state index in [1.54, 1.807) is 13.8 Å². The molecule has 1 amide bonds. The second kappa shape index (κ2) is 8.64. The molecule has 0 aliphatic carbocycles. The van der Waals surface area contributed by atoms with Gasteiger partial charge in [0.25, 0.3) is 0 Å². The van der Waals surface area contributed by atoms with E-state index in [4.69, 9.17) is 15.9 Å². The number of aliphatic hydroxyl groups is 1. The molecule has 0 bridgehead atoms. The molecule has 1 aromatic rings. The van der Waals surface area contributed by atoms with E-state index in [0.29, 0.717) is 12.1 Å². The van der Waals surface area contributed by atoms with Crippen molar-refractivity contribution in [3.63, 3.8) is 0 Å². The molecule has 23 heavy (non-hydrogen) atoms. The van der Waals surface area contributed by atoms with Crippen molar-refractivity contribution in [3.8, 4) is 0 Å². The molecule has 0 spiro atoms. The quantitative estimate of drug-likeness (QED) is 0.637. The van der Waals surface area contributed by atoms with E-state index in [9.17, 15) is 9.59 Å². The fourth-order valence-electron chi connectivity index (χ4n) is 2.29. The standard InChI is InChI=1S/C17H26N2O4/c1-17(2,16(22)23)9-3-4-13-5-7-14(8-6-13)19(10-11-20)15(21)12-18/h5-8,20H,3-4,9-12,18H2,1-2H3,(H,22,23). The highest BCUT2D eigenvalue weighted by atomic mass is 16.4. The van der Waals surface area contributed by atoms with Crippen molar-refractivity contribution in [2.24, 2.45) is 11.1 Å². The number of amides is 1. The number of anilines is 1. The third kappa shape index (κ3) is 5.65. The number of carbonyl (C=O) groups is 2. The van der Waals surface area contributed by atoms with Crippen LogP contribution in [0.15, 0.2) is 24.3 Å². The minimum atomic E-state index is -0.784. The van der Waals surface area contributed by atoms with Crippen molar-refractivity contribution in [1.82, 2.24) is 0 Å². The van der Waals surface area contributed by atoms with Gasteiger partial charge in [0.15, 0.2) is 0 Å². The van der Waals surface area contributed by atoms with Gasteiger partial charge in [-0.1, -0.05) is 12.1 Å². The highest BCUT2D eigenvalue weighted by Gasteiger charge is 2.26. The number of hydrogen-bond acceptors (Lipinski definition) is 4. The number of carboxylic acids is 1. The number of carboxylic acid groups (broad SMARTS) is 1. The monoisotopic (exact) mass is 322 g/mol. The molecule has 0 unspecified atom stereocenters. The summed E-state index contributed by atoms with van der Waals surface area (Å²) in [5.41, 5.74) is 6.44. The third-order valence-corrected chi connectivity index (χ3v) is 3.89. The maximum Gasteiger partial charge on any atom is 0.309 e. The van der Waals surface area contributed by atoms with Gasteiger partial charge in [0, 0.05) is 12.2 Å². The first-order valence-corrected chi connectivity index (χ1v) is 7.75. The number of aryl methyl sites for hydroxylation is 1. The van der Waals surface area contributed by atoms with Crippen LogP contribution in [0.5, 0.6) is 0 Å². The van der Waals surface area contributed by atoms with Gasteiger partial charge in [0.1, 0.15) is 0 Å². The molecule has 0 saturated heterocycles. The van der Waals surface area contributed by atoms with Crippen LogP contribution in [-0.4, -0.2) is 41.8 Å². The number of nitrogens with two attached hydrogens (primary N) is 1. The first-order chi connectivity index (χ1) is 10.8. The van der Waals surface area contributed by atoms with Gasteiger partial charge in [-0.05, 0) is 50.8 Å². The molecule has 1 aromatic carbocycles. The summed E-state index contributed by atoms with van der Waals surface area (Å²) in [4.78, 5) is 24.3. The van der Waals surface area contributed by atoms with Crippen LogP contribution in [0.25, 0.3) is 0 Å². The Morgan fingerprint density at radius 1 is 1.22 bits per heavy atom. The Morgan fingerprint density at radius 2 is 1.83 bits per heavy atom. The van der Waals surface area contributed by atoms with E-state index in [2.05, 4.69) is 0 Å². The Morgan fingerprint density at radius 3 is 2.30 bits per heavy atom. The number of nitrogens with zero attached hydrogens (tertiary/aromatic N) is 1. The van der Waals surface area contributed by atoms with E-state index >= 15 is 0 Å². The number of benzene rings is 1. The Hall–Kier alpha value is -1.92. The van der Waals surface area contributed by atoms with Gasteiger partial charge in [-0.15, -0.1) is 0 Å². The summed E-state index contributed by atoms with van der Waals surface area (Å²) in [6, 6.07) is 7.47. The minimum Gasteiger partial charge on any atom is -0.481 e. The third-order valence-electron chi connectivity index (χ3n) is 3.89. The Kier molecular flexibility index (Phi) is 7.19. The Balaban J connectivity index is 2.65. The molecule has 0 aliphatic heterocycles. The zero-order valence-corrected chi connectivity index (χ0v) is 13.8. The molecule has 6 heteroatoms. The summed E-state index contributed by atoms with van der Waals surface area (Å²) >= 11 is 0. The lowest BCUT2D eigenvalue weighted by atomic mass is 9.87. The number of carbonyl (C=O) groups excluding carboxylic acids is 1. The first-order valence-electron chi connectivity index (χ1n) is 7.75. The summed E-state index contributed by atoms with van der Waals surface area (Å²) in [6.45, 7) is 3.43. The molecule has 6 nitrogen and oxygen atoms in total. The van der Waals surface area contributed by atoms with Crippen molar-refractivity contribution in [2.75, 3.05) is 24.6 Å². The molecular weight excluding hydrogens is 296 g/mol. The molecule has 0 aromatic heterocycles.